The van der Waals surface area contributed by atoms with Gasteiger partial charge in [-0.05, 0) is 29.8 Å². The fraction of sp³-hybridized carbons (Fsp3) is 0.154. The van der Waals surface area contributed by atoms with Gasteiger partial charge in [-0.1, -0.05) is 12.1 Å². The standard InChI is InChI=1S/C13H10F3NO/c14-13(15,16)11-3-1-10(2-4-11)12-7-9(8-18)5-6-17-12/h1-7,18H,8H2. The molecular formula is C13H10F3NO. The van der Waals surface area contributed by atoms with Crippen LogP contribution in [0.3, 0.4) is 0 Å². The van der Waals surface area contributed by atoms with Crippen molar-refractivity contribution < 1.29 is 18.3 Å². The highest BCUT2D eigenvalue weighted by atomic mass is 19.4. The number of benzene rings is 1. The van der Waals surface area contributed by atoms with E-state index in [4.69, 9.17) is 5.11 Å². The van der Waals surface area contributed by atoms with Gasteiger partial charge in [0.2, 0.25) is 0 Å². The Morgan fingerprint density at radius 1 is 1.06 bits per heavy atom. The number of halogens is 3. The second kappa shape index (κ2) is 4.78. The van der Waals surface area contributed by atoms with E-state index in [1.807, 2.05) is 0 Å². The molecule has 0 radical (unpaired) electrons. The number of pyridine rings is 1. The van der Waals surface area contributed by atoms with Crippen molar-refractivity contribution in [3.05, 3.63) is 53.7 Å². The van der Waals surface area contributed by atoms with Gasteiger partial charge in [-0.3, -0.25) is 4.98 Å². The summed E-state index contributed by atoms with van der Waals surface area (Å²) in [6.07, 6.45) is -2.82. The quantitative estimate of drug-likeness (QED) is 0.891. The summed E-state index contributed by atoms with van der Waals surface area (Å²) in [7, 11) is 0. The number of rotatable bonds is 2. The third-order valence-electron chi connectivity index (χ3n) is 2.51. The lowest BCUT2D eigenvalue weighted by atomic mass is 10.1. The summed E-state index contributed by atoms with van der Waals surface area (Å²) in [4.78, 5) is 4.06. The van der Waals surface area contributed by atoms with E-state index in [1.54, 1.807) is 12.1 Å². The van der Waals surface area contributed by atoms with Crippen molar-refractivity contribution in [1.82, 2.24) is 4.98 Å². The van der Waals surface area contributed by atoms with Gasteiger partial charge in [0.15, 0.2) is 0 Å². The summed E-state index contributed by atoms with van der Waals surface area (Å²) in [6.45, 7) is -0.129. The molecule has 5 heteroatoms. The second-order valence-corrected chi connectivity index (χ2v) is 3.78. The van der Waals surface area contributed by atoms with E-state index >= 15 is 0 Å². The molecule has 94 valence electrons. The van der Waals surface area contributed by atoms with Crippen molar-refractivity contribution in [2.45, 2.75) is 12.8 Å². The minimum Gasteiger partial charge on any atom is -0.392 e. The van der Waals surface area contributed by atoms with Gasteiger partial charge in [0, 0.05) is 11.8 Å². The Morgan fingerprint density at radius 3 is 2.28 bits per heavy atom. The van der Waals surface area contributed by atoms with Crippen molar-refractivity contribution in [3.8, 4) is 11.3 Å². The summed E-state index contributed by atoms with van der Waals surface area (Å²) in [5, 5.41) is 8.98. The Bertz CT molecular complexity index is 535. The number of aromatic nitrogens is 1. The van der Waals surface area contributed by atoms with Crippen LogP contribution in [0.1, 0.15) is 11.1 Å². The third kappa shape index (κ3) is 2.68. The molecular weight excluding hydrogens is 243 g/mol. The van der Waals surface area contributed by atoms with Gasteiger partial charge in [-0.2, -0.15) is 13.2 Å². The number of alkyl halides is 3. The van der Waals surface area contributed by atoms with Crippen LogP contribution in [-0.4, -0.2) is 10.1 Å². The predicted octanol–water partition coefficient (Wildman–Crippen LogP) is 3.26. The lowest BCUT2D eigenvalue weighted by Gasteiger charge is -2.07. The van der Waals surface area contributed by atoms with Crippen molar-refractivity contribution in [3.63, 3.8) is 0 Å². The first kappa shape index (κ1) is 12.6. The molecule has 2 nitrogen and oxygen atoms in total. The molecule has 0 aliphatic carbocycles. The summed E-state index contributed by atoms with van der Waals surface area (Å²) in [5.41, 5.74) is 1.10. The normalized spacial score (nSPS) is 11.6. The van der Waals surface area contributed by atoms with Crippen LogP contribution in [0.15, 0.2) is 42.6 Å². The maximum atomic E-state index is 12.4. The number of aliphatic hydroxyl groups is 1. The van der Waals surface area contributed by atoms with Crippen LogP contribution in [0, 0.1) is 0 Å². The molecule has 0 fully saturated rings. The van der Waals surface area contributed by atoms with Crippen LogP contribution in [0.2, 0.25) is 0 Å². The SMILES string of the molecule is OCc1ccnc(-c2ccc(C(F)(F)F)cc2)c1. The maximum Gasteiger partial charge on any atom is 0.416 e. The highest BCUT2D eigenvalue weighted by molar-refractivity contribution is 5.60. The Labute approximate surface area is 102 Å². The monoisotopic (exact) mass is 253 g/mol. The molecule has 0 unspecified atom stereocenters. The van der Waals surface area contributed by atoms with Crippen LogP contribution in [-0.2, 0) is 12.8 Å². The van der Waals surface area contributed by atoms with E-state index in [0.717, 1.165) is 12.1 Å². The largest absolute Gasteiger partial charge is 0.416 e. The predicted molar refractivity (Wildman–Crippen MR) is 60.6 cm³/mol. The molecule has 0 saturated carbocycles. The maximum absolute atomic E-state index is 12.4. The van der Waals surface area contributed by atoms with E-state index in [-0.39, 0.29) is 6.61 Å². The number of hydrogen-bond acceptors (Lipinski definition) is 2. The fourth-order valence-corrected chi connectivity index (χ4v) is 1.56. The summed E-state index contributed by atoms with van der Waals surface area (Å²) in [5.74, 6) is 0. The minimum atomic E-state index is -4.33. The Kier molecular flexibility index (Phi) is 3.34. The molecule has 0 atom stereocenters. The van der Waals surface area contributed by atoms with E-state index in [1.165, 1.54) is 18.3 Å². The third-order valence-corrected chi connectivity index (χ3v) is 2.51. The van der Waals surface area contributed by atoms with Crippen LogP contribution in [0.25, 0.3) is 11.3 Å². The molecule has 0 saturated heterocycles. The number of aliphatic hydroxyl groups excluding tert-OH is 1. The van der Waals surface area contributed by atoms with Crippen LogP contribution in [0.5, 0.6) is 0 Å². The molecule has 0 spiro atoms. The molecule has 0 aliphatic heterocycles. The zero-order valence-corrected chi connectivity index (χ0v) is 9.28. The number of nitrogens with zero attached hydrogens (tertiary/aromatic N) is 1. The first-order valence-electron chi connectivity index (χ1n) is 5.24. The average Bonchev–Trinajstić information content (AvgIpc) is 2.38. The minimum absolute atomic E-state index is 0.129. The first-order chi connectivity index (χ1) is 8.50. The Balaban J connectivity index is 2.34. The molecule has 1 heterocycles. The summed E-state index contributed by atoms with van der Waals surface area (Å²) >= 11 is 0. The first-order valence-corrected chi connectivity index (χ1v) is 5.24. The van der Waals surface area contributed by atoms with Gasteiger partial charge in [0.05, 0.1) is 17.9 Å². The zero-order chi connectivity index (χ0) is 13.2. The molecule has 0 aliphatic rings. The molecule has 1 aromatic heterocycles. The fourth-order valence-electron chi connectivity index (χ4n) is 1.56. The molecule has 2 aromatic rings. The van der Waals surface area contributed by atoms with Gasteiger partial charge in [-0.15, -0.1) is 0 Å². The highest BCUT2D eigenvalue weighted by Crippen LogP contribution is 2.30. The van der Waals surface area contributed by atoms with Crippen LogP contribution < -0.4 is 0 Å². The van der Waals surface area contributed by atoms with E-state index in [9.17, 15) is 13.2 Å². The molecule has 2 rings (SSSR count). The summed E-state index contributed by atoms with van der Waals surface area (Å²) in [6, 6.07) is 8.06. The van der Waals surface area contributed by atoms with E-state index in [0.29, 0.717) is 16.8 Å². The van der Waals surface area contributed by atoms with Crippen molar-refractivity contribution in [1.29, 1.82) is 0 Å². The lowest BCUT2D eigenvalue weighted by Crippen LogP contribution is -2.04. The molecule has 1 aromatic carbocycles. The van der Waals surface area contributed by atoms with Crippen LogP contribution >= 0.6 is 0 Å². The average molecular weight is 253 g/mol. The second-order valence-electron chi connectivity index (χ2n) is 3.78. The van der Waals surface area contributed by atoms with Gasteiger partial charge < -0.3 is 5.11 Å². The van der Waals surface area contributed by atoms with Crippen LogP contribution in [0.4, 0.5) is 13.2 Å². The van der Waals surface area contributed by atoms with Gasteiger partial charge in [-0.25, -0.2) is 0 Å². The zero-order valence-electron chi connectivity index (χ0n) is 9.28. The molecule has 0 bridgehead atoms. The molecule has 18 heavy (non-hydrogen) atoms. The van der Waals surface area contributed by atoms with Gasteiger partial charge >= 0.3 is 6.18 Å². The highest BCUT2D eigenvalue weighted by Gasteiger charge is 2.29. The molecule has 0 amide bonds. The van der Waals surface area contributed by atoms with Crippen molar-refractivity contribution >= 4 is 0 Å². The smallest absolute Gasteiger partial charge is 0.392 e. The topological polar surface area (TPSA) is 33.1 Å². The Hall–Kier alpha value is -1.88. The van der Waals surface area contributed by atoms with E-state index < -0.39 is 11.7 Å². The number of hydrogen-bond donors (Lipinski definition) is 1. The van der Waals surface area contributed by atoms with Crippen molar-refractivity contribution in [2.75, 3.05) is 0 Å². The lowest BCUT2D eigenvalue weighted by molar-refractivity contribution is -0.137. The Morgan fingerprint density at radius 2 is 1.72 bits per heavy atom. The van der Waals surface area contributed by atoms with Gasteiger partial charge in [0.1, 0.15) is 0 Å². The van der Waals surface area contributed by atoms with Crippen molar-refractivity contribution in [2.24, 2.45) is 0 Å². The van der Waals surface area contributed by atoms with E-state index in [2.05, 4.69) is 4.98 Å². The molecule has 1 N–H and O–H groups in total. The summed E-state index contributed by atoms with van der Waals surface area (Å²) < 4.78 is 37.2. The van der Waals surface area contributed by atoms with Gasteiger partial charge in [0.25, 0.3) is 0 Å².